The van der Waals surface area contributed by atoms with Crippen molar-refractivity contribution in [3.63, 3.8) is 0 Å². The first-order valence-corrected chi connectivity index (χ1v) is 7.28. The maximum Gasteiger partial charge on any atom is 0.297 e. The van der Waals surface area contributed by atoms with Crippen LogP contribution in [0, 0.1) is 13.8 Å². The molecule has 3 aromatic rings. The maximum absolute atomic E-state index is 13.1. The van der Waals surface area contributed by atoms with E-state index in [1.807, 2.05) is 13.8 Å². The molecule has 2 aromatic heterocycles. The third-order valence-corrected chi connectivity index (χ3v) is 3.82. The molecule has 7 heteroatoms. The van der Waals surface area contributed by atoms with Gasteiger partial charge < -0.3 is 5.32 Å². The quantitative estimate of drug-likeness (QED) is 0.734. The van der Waals surface area contributed by atoms with E-state index in [1.54, 1.807) is 30.5 Å². The van der Waals surface area contributed by atoms with E-state index in [9.17, 15) is 8.78 Å². The summed E-state index contributed by atoms with van der Waals surface area (Å²) < 4.78 is 26.1. The SMILES string of the molecule is Cc1cnc2c(Nc3cccc(Cl)c3C)nc(C(F)F)nc2c1. The number of hydrogen-bond acceptors (Lipinski definition) is 4. The topological polar surface area (TPSA) is 50.7 Å². The first-order valence-electron chi connectivity index (χ1n) is 6.90. The molecule has 0 saturated carbocycles. The van der Waals surface area contributed by atoms with Gasteiger partial charge in [0.1, 0.15) is 5.52 Å². The lowest BCUT2D eigenvalue weighted by atomic mass is 10.2. The Morgan fingerprint density at radius 3 is 2.70 bits per heavy atom. The number of alkyl halides is 2. The molecule has 0 aliphatic rings. The summed E-state index contributed by atoms with van der Waals surface area (Å²) in [5.41, 5.74) is 3.12. The van der Waals surface area contributed by atoms with Gasteiger partial charge in [-0.05, 0) is 43.2 Å². The Kier molecular flexibility index (Phi) is 4.09. The van der Waals surface area contributed by atoms with Crippen molar-refractivity contribution >= 4 is 34.1 Å². The van der Waals surface area contributed by atoms with E-state index < -0.39 is 12.2 Å². The van der Waals surface area contributed by atoms with Crippen molar-refractivity contribution in [1.29, 1.82) is 0 Å². The molecule has 0 amide bonds. The van der Waals surface area contributed by atoms with Gasteiger partial charge in [0, 0.05) is 16.9 Å². The predicted molar refractivity (Wildman–Crippen MR) is 86.5 cm³/mol. The van der Waals surface area contributed by atoms with E-state index in [1.165, 1.54) is 0 Å². The van der Waals surface area contributed by atoms with Crippen molar-refractivity contribution in [2.45, 2.75) is 20.3 Å². The number of pyridine rings is 1. The Labute approximate surface area is 136 Å². The van der Waals surface area contributed by atoms with Gasteiger partial charge in [-0.3, -0.25) is 4.98 Å². The summed E-state index contributed by atoms with van der Waals surface area (Å²) in [5, 5.41) is 3.61. The highest BCUT2D eigenvalue weighted by atomic mass is 35.5. The zero-order chi connectivity index (χ0) is 16.6. The Bertz CT molecular complexity index is 883. The predicted octanol–water partition coefficient (Wildman–Crippen LogP) is 4.98. The van der Waals surface area contributed by atoms with Gasteiger partial charge in [0.05, 0.1) is 5.52 Å². The minimum Gasteiger partial charge on any atom is -0.338 e. The molecular formula is C16H13ClF2N4. The molecule has 1 aromatic carbocycles. The average Bonchev–Trinajstić information content (AvgIpc) is 2.51. The second-order valence-corrected chi connectivity index (χ2v) is 5.56. The molecule has 4 nitrogen and oxygen atoms in total. The van der Waals surface area contributed by atoms with Crippen molar-refractivity contribution in [1.82, 2.24) is 15.0 Å². The summed E-state index contributed by atoms with van der Waals surface area (Å²) >= 11 is 6.09. The largest absolute Gasteiger partial charge is 0.338 e. The van der Waals surface area contributed by atoms with Crippen LogP contribution in [0.25, 0.3) is 11.0 Å². The number of hydrogen-bond donors (Lipinski definition) is 1. The molecule has 0 spiro atoms. The van der Waals surface area contributed by atoms with Crippen LogP contribution in [-0.2, 0) is 0 Å². The summed E-state index contributed by atoms with van der Waals surface area (Å²) in [5.74, 6) is -0.303. The zero-order valence-electron chi connectivity index (χ0n) is 12.4. The number of fused-ring (bicyclic) bond motifs is 1. The smallest absolute Gasteiger partial charge is 0.297 e. The molecule has 0 saturated heterocycles. The number of benzene rings is 1. The Hall–Kier alpha value is -2.34. The fourth-order valence-corrected chi connectivity index (χ4v) is 2.37. The van der Waals surface area contributed by atoms with Gasteiger partial charge >= 0.3 is 0 Å². The molecule has 0 aliphatic carbocycles. The molecule has 23 heavy (non-hydrogen) atoms. The van der Waals surface area contributed by atoms with Crippen molar-refractivity contribution < 1.29 is 8.78 Å². The molecule has 2 heterocycles. The molecule has 0 atom stereocenters. The van der Waals surface area contributed by atoms with Crippen LogP contribution in [0.2, 0.25) is 5.02 Å². The normalized spacial score (nSPS) is 11.2. The number of aromatic nitrogens is 3. The maximum atomic E-state index is 13.1. The van der Waals surface area contributed by atoms with Crippen LogP contribution in [-0.4, -0.2) is 15.0 Å². The van der Waals surface area contributed by atoms with E-state index in [2.05, 4.69) is 20.3 Å². The number of nitrogens with zero attached hydrogens (tertiary/aromatic N) is 3. The van der Waals surface area contributed by atoms with E-state index in [4.69, 9.17) is 11.6 Å². The zero-order valence-corrected chi connectivity index (χ0v) is 13.2. The molecule has 1 N–H and O–H groups in total. The lowest BCUT2D eigenvalue weighted by Gasteiger charge is -2.13. The Morgan fingerprint density at radius 2 is 1.96 bits per heavy atom. The van der Waals surface area contributed by atoms with Gasteiger partial charge in [0.15, 0.2) is 11.6 Å². The van der Waals surface area contributed by atoms with Crippen molar-refractivity contribution in [2.24, 2.45) is 0 Å². The van der Waals surface area contributed by atoms with Crippen molar-refractivity contribution in [3.8, 4) is 0 Å². The molecule has 118 valence electrons. The summed E-state index contributed by atoms with van der Waals surface area (Å²) in [4.78, 5) is 12.1. The average molecular weight is 335 g/mol. The number of halogens is 3. The fraction of sp³-hybridized carbons (Fsp3) is 0.188. The van der Waals surface area contributed by atoms with E-state index in [-0.39, 0.29) is 5.82 Å². The van der Waals surface area contributed by atoms with Gasteiger partial charge in [-0.25, -0.2) is 18.7 Å². The van der Waals surface area contributed by atoms with Crippen molar-refractivity contribution in [2.75, 3.05) is 5.32 Å². The molecule has 0 bridgehead atoms. The Balaban J connectivity index is 2.17. The lowest BCUT2D eigenvalue weighted by molar-refractivity contribution is 0.141. The fourth-order valence-electron chi connectivity index (χ4n) is 2.19. The standard InChI is InChI=1S/C16H13ClF2N4/c1-8-6-12-13(20-7-8)15(23-16(22-12)14(18)19)21-11-5-3-4-10(17)9(11)2/h3-7,14H,1-2H3,(H,21,22,23). The van der Waals surface area contributed by atoms with Crippen LogP contribution in [0.1, 0.15) is 23.4 Å². The van der Waals surface area contributed by atoms with Crippen molar-refractivity contribution in [3.05, 3.63) is 52.4 Å². The van der Waals surface area contributed by atoms with Crippen LogP contribution in [0.5, 0.6) is 0 Å². The minimum absolute atomic E-state index is 0.232. The highest BCUT2D eigenvalue weighted by molar-refractivity contribution is 6.31. The highest BCUT2D eigenvalue weighted by Crippen LogP contribution is 2.29. The lowest BCUT2D eigenvalue weighted by Crippen LogP contribution is -2.04. The Morgan fingerprint density at radius 1 is 1.17 bits per heavy atom. The second-order valence-electron chi connectivity index (χ2n) is 5.15. The highest BCUT2D eigenvalue weighted by Gasteiger charge is 2.17. The van der Waals surface area contributed by atoms with Gasteiger partial charge in [-0.2, -0.15) is 0 Å². The first kappa shape index (κ1) is 15.6. The molecule has 0 unspecified atom stereocenters. The van der Waals surface area contributed by atoms with Gasteiger partial charge in [-0.15, -0.1) is 0 Å². The summed E-state index contributed by atoms with van der Waals surface area (Å²) in [7, 11) is 0. The molecule has 0 radical (unpaired) electrons. The van der Waals surface area contributed by atoms with E-state index >= 15 is 0 Å². The molecule has 0 fully saturated rings. The number of nitrogens with one attached hydrogen (secondary N) is 1. The third-order valence-electron chi connectivity index (χ3n) is 3.41. The summed E-state index contributed by atoms with van der Waals surface area (Å²) in [6.07, 6.45) is -1.12. The molecule has 3 rings (SSSR count). The van der Waals surface area contributed by atoms with Gasteiger partial charge in [0.2, 0.25) is 0 Å². The molecular weight excluding hydrogens is 322 g/mol. The van der Waals surface area contributed by atoms with Gasteiger partial charge in [0.25, 0.3) is 6.43 Å². The first-order chi connectivity index (χ1) is 11.0. The second kappa shape index (κ2) is 6.04. The van der Waals surface area contributed by atoms with Crippen LogP contribution < -0.4 is 5.32 Å². The summed E-state index contributed by atoms with van der Waals surface area (Å²) in [6, 6.07) is 7.02. The van der Waals surface area contributed by atoms with E-state index in [0.29, 0.717) is 21.7 Å². The number of aryl methyl sites for hydroxylation is 1. The minimum atomic E-state index is -2.76. The number of anilines is 2. The van der Waals surface area contributed by atoms with E-state index in [0.717, 1.165) is 11.1 Å². The monoisotopic (exact) mass is 334 g/mol. The van der Waals surface area contributed by atoms with Crippen LogP contribution >= 0.6 is 11.6 Å². The van der Waals surface area contributed by atoms with Crippen LogP contribution in [0.15, 0.2) is 30.5 Å². The van der Waals surface area contributed by atoms with Crippen LogP contribution in [0.3, 0.4) is 0 Å². The van der Waals surface area contributed by atoms with Gasteiger partial charge in [-0.1, -0.05) is 17.7 Å². The summed E-state index contributed by atoms with van der Waals surface area (Å²) in [6.45, 7) is 3.66. The number of rotatable bonds is 3. The third kappa shape index (κ3) is 3.07. The van der Waals surface area contributed by atoms with Crippen LogP contribution in [0.4, 0.5) is 20.3 Å². The molecule has 0 aliphatic heterocycles.